The average molecular weight is 610 g/mol. The monoisotopic (exact) mass is 609 g/mol. The number of benzene rings is 1. The molecular formula is C30H38N8O4S. The van der Waals surface area contributed by atoms with Crippen LogP contribution in [0.5, 0.6) is 5.75 Å². The third-order valence-corrected chi connectivity index (χ3v) is 8.75. The standard InChI is InChI=1S/C30H38N8O4S/c1-31-29(41)26-23(15-24(36-37-26)35-28(40)17-8-9-17)34-22-7-5-6-21(27(22)42-4)30-32-16-20(43-30)14-25(39)33-18-10-12-19(13-11-18)38(2)3/h5-7,15-19H,8-14H2,1-4H3,(H,31,41)(H,33,39)(H2,34,35,36,40)/i1D3. The maximum absolute atomic E-state index is 12.8. The van der Waals surface area contributed by atoms with Gasteiger partial charge in [0.1, 0.15) is 5.01 Å². The first-order chi connectivity index (χ1) is 21.9. The summed E-state index contributed by atoms with van der Waals surface area (Å²) in [6, 6.07) is 7.45. The molecule has 0 saturated heterocycles. The van der Waals surface area contributed by atoms with E-state index >= 15 is 0 Å². The van der Waals surface area contributed by atoms with Crippen molar-refractivity contribution in [2.24, 2.45) is 5.92 Å². The van der Waals surface area contributed by atoms with Crippen molar-refractivity contribution in [2.75, 3.05) is 38.8 Å². The van der Waals surface area contributed by atoms with E-state index in [0.717, 1.165) is 43.4 Å². The summed E-state index contributed by atoms with van der Waals surface area (Å²) >= 11 is 1.37. The number of hydrogen-bond acceptors (Lipinski definition) is 10. The van der Waals surface area contributed by atoms with Gasteiger partial charge in [0.05, 0.1) is 30.5 Å². The predicted molar refractivity (Wildman–Crippen MR) is 166 cm³/mol. The number of carbonyl (C=O) groups excluding carboxylic acids is 3. The number of methoxy groups -OCH3 is 1. The highest BCUT2D eigenvalue weighted by atomic mass is 32.1. The van der Waals surface area contributed by atoms with Crippen molar-refractivity contribution < 1.29 is 23.2 Å². The fraction of sp³-hybridized carbons (Fsp3) is 0.467. The van der Waals surface area contributed by atoms with Crippen molar-refractivity contribution in [1.82, 2.24) is 30.7 Å². The second-order valence-electron chi connectivity index (χ2n) is 11.1. The summed E-state index contributed by atoms with van der Waals surface area (Å²) in [7, 11) is 5.67. The number of nitrogens with zero attached hydrogens (tertiary/aromatic N) is 4. The molecule has 1 aromatic carbocycles. The fourth-order valence-electron chi connectivity index (χ4n) is 5.20. The molecule has 3 amide bonds. The van der Waals surface area contributed by atoms with Crippen LogP contribution in [-0.2, 0) is 16.0 Å². The number of nitrogens with one attached hydrogen (secondary N) is 4. The van der Waals surface area contributed by atoms with Crippen LogP contribution in [0.15, 0.2) is 30.5 Å². The van der Waals surface area contributed by atoms with Gasteiger partial charge in [0, 0.05) is 46.2 Å². The summed E-state index contributed by atoms with van der Waals surface area (Å²) in [6.45, 7) is -2.75. The average Bonchev–Trinajstić information content (AvgIpc) is 3.75. The number of ether oxygens (including phenoxy) is 1. The van der Waals surface area contributed by atoms with Gasteiger partial charge in [-0.15, -0.1) is 21.5 Å². The highest BCUT2D eigenvalue weighted by Crippen LogP contribution is 2.40. The third kappa shape index (κ3) is 7.46. The molecule has 0 bridgehead atoms. The second-order valence-corrected chi connectivity index (χ2v) is 12.2. The molecule has 43 heavy (non-hydrogen) atoms. The topological polar surface area (TPSA) is 150 Å². The SMILES string of the molecule is [2H]C([2H])([2H])NC(=O)c1nnc(NC(=O)C2CC2)cc1Nc1cccc(-c2ncc(CC(=O)NC3CCC(N(C)C)CC3)s2)c1OC. The molecule has 0 unspecified atom stereocenters. The number of carbonyl (C=O) groups is 3. The van der Waals surface area contributed by atoms with Gasteiger partial charge < -0.3 is 30.9 Å². The summed E-state index contributed by atoms with van der Waals surface area (Å²) in [5.74, 6) is -0.806. The molecule has 13 heteroatoms. The minimum Gasteiger partial charge on any atom is -0.494 e. The van der Waals surface area contributed by atoms with Crippen LogP contribution in [0.2, 0.25) is 0 Å². The molecule has 4 N–H and O–H groups in total. The molecule has 3 aromatic rings. The lowest BCUT2D eigenvalue weighted by Crippen LogP contribution is -2.42. The molecule has 0 radical (unpaired) electrons. The van der Waals surface area contributed by atoms with Gasteiger partial charge in [-0.1, -0.05) is 6.07 Å². The number of hydrogen-bond donors (Lipinski definition) is 4. The molecule has 12 nitrogen and oxygen atoms in total. The molecule has 2 fully saturated rings. The van der Waals surface area contributed by atoms with Crippen molar-refractivity contribution in [1.29, 1.82) is 0 Å². The molecule has 2 saturated carbocycles. The highest BCUT2D eigenvalue weighted by molar-refractivity contribution is 7.15. The summed E-state index contributed by atoms with van der Waals surface area (Å²) in [6.07, 6.45) is 7.51. The molecule has 2 heterocycles. The Bertz CT molecular complexity index is 1590. The minimum atomic E-state index is -2.75. The van der Waals surface area contributed by atoms with Crippen molar-refractivity contribution >= 4 is 46.3 Å². The smallest absolute Gasteiger partial charge is 0.273 e. The van der Waals surface area contributed by atoms with Crippen molar-refractivity contribution in [3.8, 4) is 16.3 Å². The molecule has 0 spiro atoms. The van der Waals surface area contributed by atoms with Gasteiger partial charge in [-0.05, 0) is 64.8 Å². The van der Waals surface area contributed by atoms with Gasteiger partial charge in [-0.3, -0.25) is 14.4 Å². The number of anilines is 3. The van der Waals surface area contributed by atoms with Gasteiger partial charge in [0.25, 0.3) is 5.91 Å². The van der Waals surface area contributed by atoms with E-state index in [0.29, 0.717) is 28.0 Å². The van der Waals surface area contributed by atoms with Gasteiger partial charge in [0.15, 0.2) is 17.3 Å². The molecule has 0 aliphatic heterocycles. The Labute approximate surface area is 259 Å². The van der Waals surface area contributed by atoms with E-state index < -0.39 is 12.9 Å². The van der Waals surface area contributed by atoms with Crippen LogP contribution in [0.4, 0.5) is 17.2 Å². The first-order valence-corrected chi connectivity index (χ1v) is 15.1. The Morgan fingerprint density at radius 3 is 2.58 bits per heavy atom. The fourth-order valence-corrected chi connectivity index (χ4v) is 6.14. The van der Waals surface area contributed by atoms with Crippen LogP contribution in [0, 0.1) is 5.92 Å². The van der Waals surface area contributed by atoms with Crippen LogP contribution in [0.1, 0.15) is 58.0 Å². The van der Waals surface area contributed by atoms with E-state index in [2.05, 4.69) is 50.1 Å². The summed E-state index contributed by atoms with van der Waals surface area (Å²) in [5, 5.41) is 19.4. The molecule has 228 valence electrons. The zero-order valence-electron chi connectivity index (χ0n) is 27.4. The third-order valence-electron chi connectivity index (χ3n) is 7.72. The number of amides is 3. The van der Waals surface area contributed by atoms with E-state index in [9.17, 15) is 14.4 Å². The largest absolute Gasteiger partial charge is 0.494 e. The highest BCUT2D eigenvalue weighted by Gasteiger charge is 2.30. The zero-order chi connectivity index (χ0) is 33.0. The van der Waals surface area contributed by atoms with Crippen molar-refractivity contribution in [2.45, 2.75) is 57.0 Å². The number of para-hydroxylation sites is 1. The Morgan fingerprint density at radius 1 is 1.09 bits per heavy atom. The summed E-state index contributed by atoms with van der Waals surface area (Å²) in [4.78, 5) is 45.6. The van der Waals surface area contributed by atoms with E-state index in [1.54, 1.807) is 18.3 Å². The number of aromatic nitrogens is 3. The number of thiazole rings is 1. The first kappa shape index (κ1) is 26.5. The molecular weight excluding hydrogens is 568 g/mol. The van der Waals surface area contributed by atoms with Crippen molar-refractivity contribution in [3.63, 3.8) is 0 Å². The lowest BCUT2D eigenvalue weighted by atomic mass is 9.90. The van der Waals surface area contributed by atoms with Crippen LogP contribution in [-0.4, -0.2) is 78.1 Å². The van der Waals surface area contributed by atoms with Gasteiger partial charge in [-0.2, -0.15) is 0 Å². The van der Waals surface area contributed by atoms with Crippen LogP contribution in [0.25, 0.3) is 10.6 Å². The maximum atomic E-state index is 12.8. The Morgan fingerprint density at radius 2 is 1.88 bits per heavy atom. The van der Waals surface area contributed by atoms with Crippen LogP contribution in [0.3, 0.4) is 0 Å². The Hall–Kier alpha value is -4.10. The molecule has 2 aromatic heterocycles. The van der Waals surface area contributed by atoms with E-state index in [1.807, 2.05) is 11.4 Å². The quantitative estimate of drug-likeness (QED) is 0.256. The minimum absolute atomic E-state index is 0.0384. The van der Waals surface area contributed by atoms with E-state index in [1.165, 1.54) is 24.5 Å². The van der Waals surface area contributed by atoms with E-state index in [4.69, 9.17) is 8.85 Å². The lowest BCUT2D eigenvalue weighted by Gasteiger charge is -2.32. The lowest BCUT2D eigenvalue weighted by molar-refractivity contribution is -0.121. The zero-order valence-corrected chi connectivity index (χ0v) is 25.2. The van der Waals surface area contributed by atoms with E-state index in [-0.39, 0.29) is 47.4 Å². The Balaban J connectivity index is 1.34. The van der Waals surface area contributed by atoms with Gasteiger partial charge in [0.2, 0.25) is 11.8 Å². The normalized spacial score (nSPS) is 19.5. The summed E-state index contributed by atoms with van der Waals surface area (Å²) < 4.78 is 28.1. The second kappa shape index (κ2) is 13.5. The van der Waals surface area contributed by atoms with Crippen LogP contribution < -0.4 is 26.0 Å². The molecule has 2 aliphatic rings. The van der Waals surface area contributed by atoms with Crippen molar-refractivity contribution in [3.05, 3.63) is 41.0 Å². The van der Waals surface area contributed by atoms with Crippen LogP contribution >= 0.6 is 11.3 Å². The first-order valence-electron chi connectivity index (χ1n) is 15.8. The number of rotatable bonds is 11. The maximum Gasteiger partial charge on any atom is 0.273 e. The molecule has 0 atom stereocenters. The van der Waals surface area contributed by atoms with Gasteiger partial charge in [-0.25, -0.2) is 4.98 Å². The van der Waals surface area contributed by atoms with Gasteiger partial charge >= 0.3 is 0 Å². The molecule has 5 rings (SSSR count). The predicted octanol–water partition coefficient (Wildman–Crippen LogP) is 3.59. The summed E-state index contributed by atoms with van der Waals surface area (Å²) in [5.41, 5.74) is 0.891. The molecule has 2 aliphatic carbocycles. The Kier molecular flexibility index (Phi) is 8.31.